The molecular formula is C25H30FN5O4. The number of nitrogens with zero attached hydrogens (tertiary/aromatic N) is 3. The Morgan fingerprint density at radius 1 is 1.11 bits per heavy atom. The molecule has 4 aliphatic heterocycles. The lowest BCUT2D eigenvalue weighted by atomic mass is 9.83. The zero-order chi connectivity index (χ0) is 24.3. The Morgan fingerprint density at radius 3 is 2.60 bits per heavy atom. The van der Waals surface area contributed by atoms with E-state index in [2.05, 4.69) is 20.2 Å². The highest BCUT2D eigenvalue weighted by Gasteiger charge is 2.50. The smallest absolute Gasteiger partial charge is 0.339 e. The summed E-state index contributed by atoms with van der Waals surface area (Å²) in [5.74, 6) is 0.244. The van der Waals surface area contributed by atoms with Crippen LogP contribution in [0.4, 0.5) is 21.8 Å². The third kappa shape index (κ3) is 3.74. The Kier molecular flexibility index (Phi) is 5.24. The summed E-state index contributed by atoms with van der Waals surface area (Å²) < 4.78 is 27.3. The third-order valence-electron chi connectivity index (χ3n) is 7.59. The van der Waals surface area contributed by atoms with Gasteiger partial charge in [0.15, 0.2) is 0 Å². The highest BCUT2D eigenvalue weighted by atomic mass is 19.1. The van der Waals surface area contributed by atoms with Crippen molar-refractivity contribution >= 4 is 23.4 Å². The van der Waals surface area contributed by atoms with Crippen LogP contribution in [0, 0.1) is 5.82 Å². The normalized spacial score (nSPS) is 25.2. The van der Waals surface area contributed by atoms with Gasteiger partial charge in [-0.2, -0.15) is 4.98 Å². The molecule has 0 amide bonds. The molecule has 1 aromatic carbocycles. The molecule has 35 heavy (non-hydrogen) atoms. The summed E-state index contributed by atoms with van der Waals surface area (Å²) in [6.45, 7) is 7.01. The predicted molar refractivity (Wildman–Crippen MR) is 129 cm³/mol. The number of halogens is 1. The number of piperidine rings is 1. The van der Waals surface area contributed by atoms with E-state index in [9.17, 15) is 9.59 Å². The number of carbonyl (C=O) groups excluding carboxylic acids is 1. The zero-order valence-electron chi connectivity index (χ0n) is 20.0. The molecule has 0 saturated carbocycles. The number of aromatic nitrogens is 2. The van der Waals surface area contributed by atoms with E-state index in [1.807, 2.05) is 18.7 Å². The van der Waals surface area contributed by atoms with Gasteiger partial charge in [-0.1, -0.05) is 0 Å². The molecule has 2 aromatic rings. The van der Waals surface area contributed by atoms with Crippen molar-refractivity contribution in [1.82, 2.24) is 9.97 Å². The SMILES string of the molecule is CC1CN(c2cc(F)c3c(c2)C(=O)OC32CCN(c3nc4c(c(=O)[nH]3)CCCN4)CC2)CC(C)O1. The van der Waals surface area contributed by atoms with E-state index in [-0.39, 0.29) is 17.8 Å². The van der Waals surface area contributed by atoms with Gasteiger partial charge >= 0.3 is 5.97 Å². The molecule has 2 fully saturated rings. The fraction of sp³-hybridized carbons (Fsp3) is 0.560. The molecule has 1 spiro atoms. The Morgan fingerprint density at radius 2 is 1.86 bits per heavy atom. The number of nitrogens with one attached hydrogen (secondary N) is 2. The average Bonchev–Trinajstić information content (AvgIpc) is 3.10. The number of rotatable bonds is 2. The number of esters is 1. The minimum absolute atomic E-state index is 0.0246. The minimum atomic E-state index is -0.996. The lowest BCUT2D eigenvalue weighted by Crippen LogP contribution is -2.45. The summed E-state index contributed by atoms with van der Waals surface area (Å²) in [5.41, 5.74) is 0.912. The average molecular weight is 484 g/mol. The fourth-order valence-corrected chi connectivity index (χ4v) is 5.99. The number of aromatic amines is 1. The van der Waals surface area contributed by atoms with Crippen LogP contribution >= 0.6 is 0 Å². The standard InChI is InChI=1S/C25H30FN5O4/c1-14-12-31(13-15(2)34-14)16-10-18-20(19(26)11-16)25(35-23(18)33)5-8-30(9-6-25)24-28-21-17(22(32)29-24)4-3-7-27-21/h10-11,14-15H,3-9,12-13H2,1-2H3,(H2,27,28,29,32). The fourth-order valence-electron chi connectivity index (χ4n) is 5.99. The second-order valence-corrected chi connectivity index (χ2v) is 10.1. The first-order valence-electron chi connectivity index (χ1n) is 12.4. The van der Waals surface area contributed by atoms with Gasteiger partial charge in [-0.05, 0) is 38.8 Å². The largest absolute Gasteiger partial charge is 0.450 e. The van der Waals surface area contributed by atoms with Gasteiger partial charge in [0.1, 0.15) is 17.2 Å². The van der Waals surface area contributed by atoms with Crippen molar-refractivity contribution in [2.24, 2.45) is 0 Å². The van der Waals surface area contributed by atoms with E-state index < -0.39 is 17.4 Å². The van der Waals surface area contributed by atoms with Crippen molar-refractivity contribution < 1.29 is 18.7 Å². The maximum Gasteiger partial charge on any atom is 0.339 e. The predicted octanol–water partition coefficient (Wildman–Crippen LogP) is 2.55. The topological polar surface area (TPSA) is 99.8 Å². The van der Waals surface area contributed by atoms with Gasteiger partial charge in [0, 0.05) is 56.8 Å². The molecule has 2 unspecified atom stereocenters. The van der Waals surface area contributed by atoms with Crippen LogP contribution in [-0.4, -0.2) is 60.9 Å². The van der Waals surface area contributed by atoms with E-state index in [0.717, 1.165) is 13.0 Å². The second kappa shape index (κ2) is 8.22. The van der Waals surface area contributed by atoms with Crippen LogP contribution in [0.5, 0.6) is 0 Å². The lowest BCUT2D eigenvalue weighted by Gasteiger charge is -2.39. The molecule has 1 aromatic heterocycles. The summed E-state index contributed by atoms with van der Waals surface area (Å²) in [4.78, 5) is 37.0. The summed E-state index contributed by atoms with van der Waals surface area (Å²) in [6, 6.07) is 3.29. The molecule has 2 atom stereocenters. The van der Waals surface area contributed by atoms with E-state index >= 15 is 4.39 Å². The number of morpholine rings is 1. The van der Waals surface area contributed by atoms with Crippen LogP contribution in [0.15, 0.2) is 16.9 Å². The summed E-state index contributed by atoms with van der Waals surface area (Å²) in [6.07, 6.45) is 2.51. The molecule has 2 saturated heterocycles. The first-order valence-corrected chi connectivity index (χ1v) is 12.4. The van der Waals surface area contributed by atoms with Gasteiger partial charge in [-0.3, -0.25) is 9.78 Å². The van der Waals surface area contributed by atoms with Crippen molar-refractivity contribution in [3.05, 3.63) is 45.0 Å². The van der Waals surface area contributed by atoms with E-state index in [4.69, 9.17) is 9.47 Å². The van der Waals surface area contributed by atoms with E-state index in [0.29, 0.717) is 79.6 Å². The Bertz CT molecular complexity index is 1230. The van der Waals surface area contributed by atoms with Crippen molar-refractivity contribution in [3.63, 3.8) is 0 Å². The molecule has 9 nitrogen and oxygen atoms in total. The summed E-state index contributed by atoms with van der Waals surface area (Å²) in [7, 11) is 0. The first kappa shape index (κ1) is 22.3. The summed E-state index contributed by atoms with van der Waals surface area (Å²) in [5, 5.41) is 3.21. The van der Waals surface area contributed by atoms with Gasteiger partial charge in [0.05, 0.1) is 23.3 Å². The van der Waals surface area contributed by atoms with Crippen molar-refractivity contribution in [1.29, 1.82) is 0 Å². The maximum absolute atomic E-state index is 15.6. The highest BCUT2D eigenvalue weighted by Crippen LogP contribution is 2.47. The maximum atomic E-state index is 15.6. The Labute approximate surface area is 202 Å². The van der Waals surface area contributed by atoms with Crippen molar-refractivity contribution in [2.45, 2.75) is 57.3 Å². The molecule has 6 rings (SSSR count). The van der Waals surface area contributed by atoms with E-state index in [1.165, 1.54) is 6.07 Å². The van der Waals surface area contributed by atoms with Crippen LogP contribution in [0.2, 0.25) is 0 Å². The number of H-pyrrole nitrogens is 1. The monoisotopic (exact) mass is 483 g/mol. The number of carbonyl (C=O) groups is 1. The molecule has 4 aliphatic rings. The minimum Gasteiger partial charge on any atom is -0.450 e. The lowest BCUT2D eigenvalue weighted by molar-refractivity contribution is -0.0225. The van der Waals surface area contributed by atoms with Gasteiger partial charge < -0.3 is 24.6 Å². The number of hydrogen-bond acceptors (Lipinski definition) is 8. The quantitative estimate of drug-likeness (QED) is 0.629. The van der Waals surface area contributed by atoms with Crippen molar-refractivity contribution in [2.75, 3.05) is 47.8 Å². The van der Waals surface area contributed by atoms with Crippen LogP contribution in [0.1, 0.15) is 54.6 Å². The number of anilines is 3. The molecule has 0 radical (unpaired) electrons. The number of ether oxygens (including phenoxy) is 2. The number of hydrogen-bond donors (Lipinski definition) is 2. The second-order valence-electron chi connectivity index (χ2n) is 10.1. The zero-order valence-corrected chi connectivity index (χ0v) is 20.0. The molecule has 0 bridgehead atoms. The first-order chi connectivity index (χ1) is 16.8. The number of fused-ring (bicyclic) bond motifs is 3. The molecule has 2 N–H and O–H groups in total. The molecular weight excluding hydrogens is 453 g/mol. The van der Waals surface area contributed by atoms with Crippen molar-refractivity contribution in [3.8, 4) is 0 Å². The third-order valence-corrected chi connectivity index (χ3v) is 7.59. The van der Waals surface area contributed by atoms with Gasteiger partial charge in [-0.15, -0.1) is 0 Å². The van der Waals surface area contributed by atoms with Gasteiger partial charge in [0.2, 0.25) is 5.95 Å². The number of benzene rings is 1. The molecule has 186 valence electrons. The van der Waals surface area contributed by atoms with Crippen LogP contribution in [0.25, 0.3) is 0 Å². The van der Waals surface area contributed by atoms with Crippen LogP contribution in [0.3, 0.4) is 0 Å². The molecule has 10 heteroatoms. The van der Waals surface area contributed by atoms with Gasteiger partial charge in [0.25, 0.3) is 5.56 Å². The van der Waals surface area contributed by atoms with Crippen LogP contribution < -0.4 is 20.7 Å². The Hall–Kier alpha value is -3.14. The van der Waals surface area contributed by atoms with Gasteiger partial charge in [-0.25, -0.2) is 9.18 Å². The molecule has 0 aliphatic carbocycles. The Balaban J connectivity index is 1.26. The van der Waals surface area contributed by atoms with Crippen LogP contribution in [-0.2, 0) is 21.5 Å². The molecule has 5 heterocycles. The van der Waals surface area contributed by atoms with E-state index in [1.54, 1.807) is 6.07 Å². The highest BCUT2D eigenvalue weighted by molar-refractivity contribution is 5.96. The summed E-state index contributed by atoms with van der Waals surface area (Å²) >= 11 is 0.